The number of fused-ring (bicyclic) bond motifs is 4. The fraction of sp³-hybridized carbons (Fsp3) is 0.500. The predicted octanol–water partition coefficient (Wildman–Crippen LogP) is 0.961. The molecule has 88 valence electrons. The van der Waals surface area contributed by atoms with Crippen LogP contribution in [-0.4, -0.2) is 27.5 Å². The third-order valence-electron chi connectivity index (χ3n) is 3.98. The highest BCUT2D eigenvalue weighted by molar-refractivity contribution is 5.53. The van der Waals surface area contributed by atoms with Gasteiger partial charge >= 0.3 is 0 Å². The summed E-state index contributed by atoms with van der Waals surface area (Å²) in [6.07, 6.45) is 1.15. The van der Waals surface area contributed by atoms with Crippen LogP contribution in [0.5, 0.6) is 0 Å². The van der Waals surface area contributed by atoms with Crippen molar-refractivity contribution in [1.82, 2.24) is 14.9 Å². The lowest BCUT2D eigenvalue weighted by molar-refractivity contribution is 0.254. The molecular weight excluding hydrogens is 218 g/mol. The van der Waals surface area contributed by atoms with Gasteiger partial charge in [0.25, 0.3) is 5.56 Å². The van der Waals surface area contributed by atoms with Crippen LogP contribution < -0.4 is 5.56 Å². The molecule has 0 bridgehead atoms. The first-order valence-corrected chi connectivity index (χ1v) is 5.96. The topological polar surface area (TPSA) is 58.0 Å². The molecule has 5 nitrogen and oxygen atoms in total. The van der Waals surface area contributed by atoms with Gasteiger partial charge in [-0.2, -0.15) is 0 Å². The fourth-order valence-corrected chi connectivity index (χ4v) is 3.20. The van der Waals surface area contributed by atoms with E-state index < -0.39 is 0 Å². The van der Waals surface area contributed by atoms with E-state index in [2.05, 4.69) is 21.4 Å². The maximum Gasteiger partial charge on any atom is 0.256 e. The van der Waals surface area contributed by atoms with Gasteiger partial charge in [-0.25, -0.2) is 4.98 Å². The fourth-order valence-electron chi connectivity index (χ4n) is 3.20. The van der Waals surface area contributed by atoms with Crippen LogP contribution in [0.2, 0.25) is 0 Å². The summed E-state index contributed by atoms with van der Waals surface area (Å²) in [6.45, 7) is 6.19. The van der Waals surface area contributed by atoms with E-state index in [1.807, 2.05) is 6.92 Å². The average Bonchev–Trinajstić information content (AvgIpc) is 2.73. The highest BCUT2D eigenvalue weighted by atomic mass is 16.5. The molecule has 2 saturated heterocycles. The van der Waals surface area contributed by atoms with Crippen molar-refractivity contribution in [2.45, 2.75) is 31.5 Å². The maximum atomic E-state index is 12.0. The molecule has 1 N–H and O–H groups in total. The Morgan fingerprint density at radius 2 is 2.53 bits per heavy atom. The molecule has 1 aromatic heterocycles. The van der Waals surface area contributed by atoms with Crippen molar-refractivity contribution in [2.24, 2.45) is 0 Å². The molecule has 0 amide bonds. The zero-order valence-electron chi connectivity index (χ0n) is 9.56. The molecule has 0 aliphatic carbocycles. The van der Waals surface area contributed by atoms with Crippen LogP contribution in [0.15, 0.2) is 11.4 Å². The minimum atomic E-state index is -0.0226. The van der Waals surface area contributed by atoms with Crippen molar-refractivity contribution < 1.29 is 4.74 Å². The van der Waals surface area contributed by atoms with Crippen molar-refractivity contribution in [3.63, 3.8) is 0 Å². The lowest BCUT2D eigenvalue weighted by Gasteiger charge is -2.26. The van der Waals surface area contributed by atoms with Crippen molar-refractivity contribution in [3.8, 4) is 0 Å². The van der Waals surface area contributed by atoms with E-state index in [0.29, 0.717) is 36.3 Å². The minimum absolute atomic E-state index is 0.0226. The quantitative estimate of drug-likeness (QED) is 0.622. The number of aromatic amines is 1. The summed E-state index contributed by atoms with van der Waals surface area (Å²) >= 11 is 0. The summed E-state index contributed by atoms with van der Waals surface area (Å²) in [5, 5.41) is 0. The zero-order valence-corrected chi connectivity index (χ0v) is 9.56. The number of rotatable bonds is 3. The molecule has 4 heterocycles. The highest BCUT2D eigenvalue weighted by Gasteiger charge is 2.69. The Balaban J connectivity index is 1.81. The van der Waals surface area contributed by atoms with Crippen LogP contribution >= 0.6 is 0 Å². The van der Waals surface area contributed by atoms with E-state index in [-0.39, 0.29) is 5.56 Å². The molecule has 0 radical (unpaired) electrons. The third kappa shape index (κ3) is 0.982. The molecule has 4 atom stereocenters. The van der Waals surface area contributed by atoms with Gasteiger partial charge in [-0.1, -0.05) is 6.58 Å². The Hall–Kier alpha value is -1.62. The second kappa shape index (κ2) is 2.79. The van der Waals surface area contributed by atoms with Crippen molar-refractivity contribution in [2.75, 3.05) is 6.61 Å². The Morgan fingerprint density at radius 1 is 1.71 bits per heavy atom. The van der Waals surface area contributed by atoms with Gasteiger partial charge in [0.1, 0.15) is 0 Å². The van der Waals surface area contributed by atoms with Crippen molar-refractivity contribution in [1.29, 1.82) is 0 Å². The third-order valence-corrected chi connectivity index (χ3v) is 3.98. The molecule has 5 heteroatoms. The van der Waals surface area contributed by atoms with Gasteiger partial charge in [0.2, 0.25) is 0 Å². The minimum Gasteiger partial charge on any atom is -0.491 e. The summed E-state index contributed by atoms with van der Waals surface area (Å²) in [6, 6.07) is 1.34. The smallest absolute Gasteiger partial charge is 0.256 e. The number of ether oxygens (including phenoxy) is 1. The normalized spacial score (nSPS) is 34.6. The van der Waals surface area contributed by atoms with Gasteiger partial charge in [-0.3, -0.25) is 9.69 Å². The van der Waals surface area contributed by atoms with Gasteiger partial charge in [-0.15, -0.1) is 0 Å². The molecule has 4 rings (SSSR count). The van der Waals surface area contributed by atoms with Crippen molar-refractivity contribution >= 4 is 5.76 Å². The first-order valence-electron chi connectivity index (χ1n) is 5.96. The van der Waals surface area contributed by atoms with Crippen molar-refractivity contribution in [3.05, 3.63) is 34.0 Å². The molecule has 4 unspecified atom stereocenters. The highest BCUT2D eigenvalue weighted by Crippen LogP contribution is 2.67. The Bertz CT molecular complexity index is 592. The van der Waals surface area contributed by atoms with E-state index in [1.165, 1.54) is 0 Å². The molecule has 2 fully saturated rings. The van der Waals surface area contributed by atoms with Gasteiger partial charge in [0, 0.05) is 6.04 Å². The Morgan fingerprint density at radius 3 is 3.29 bits per heavy atom. The van der Waals surface area contributed by atoms with Crippen LogP contribution in [0.4, 0.5) is 0 Å². The summed E-state index contributed by atoms with van der Waals surface area (Å²) in [5.41, 5.74) is 1.79. The average molecular weight is 231 g/mol. The molecule has 1 aromatic rings. The first kappa shape index (κ1) is 9.41. The summed E-state index contributed by atoms with van der Waals surface area (Å²) < 4.78 is 5.29. The molecule has 17 heavy (non-hydrogen) atoms. The summed E-state index contributed by atoms with van der Waals surface area (Å²) in [4.78, 5) is 21.7. The van der Waals surface area contributed by atoms with Crippen LogP contribution in [0.3, 0.4) is 0 Å². The van der Waals surface area contributed by atoms with Crippen LogP contribution in [0.1, 0.15) is 42.5 Å². The monoisotopic (exact) mass is 231 g/mol. The van der Waals surface area contributed by atoms with Gasteiger partial charge in [0.15, 0.2) is 11.6 Å². The van der Waals surface area contributed by atoms with Gasteiger partial charge in [0.05, 0.1) is 29.9 Å². The van der Waals surface area contributed by atoms with Crippen LogP contribution in [0.25, 0.3) is 5.76 Å². The molecule has 0 spiro atoms. The maximum absolute atomic E-state index is 12.0. The number of nitrogens with zero attached hydrogens (tertiary/aromatic N) is 2. The Labute approximate surface area is 98.1 Å². The van der Waals surface area contributed by atoms with Gasteiger partial charge in [-0.05, 0) is 13.3 Å². The largest absolute Gasteiger partial charge is 0.491 e. The Kier molecular flexibility index (Phi) is 1.54. The number of aromatic nitrogens is 2. The van der Waals surface area contributed by atoms with E-state index in [0.717, 1.165) is 17.7 Å². The van der Waals surface area contributed by atoms with E-state index in [4.69, 9.17) is 4.74 Å². The number of nitrogens with one attached hydrogen (secondary N) is 1. The molecule has 0 saturated carbocycles. The number of hydrogen-bond acceptors (Lipinski definition) is 4. The summed E-state index contributed by atoms with van der Waals surface area (Å²) in [5.74, 6) is 0.917. The molecule has 3 aliphatic rings. The number of hydrogen-bond donors (Lipinski definition) is 1. The second-order valence-electron chi connectivity index (χ2n) is 4.78. The first-order chi connectivity index (χ1) is 8.22. The SMILES string of the molecule is C=C(OCC)c1nc2c(c(=O)[nH]1)C1C3CC2N31. The zero-order chi connectivity index (χ0) is 11.7. The summed E-state index contributed by atoms with van der Waals surface area (Å²) in [7, 11) is 0. The molecule has 0 aromatic carbocycles. The van der Waals surface area contributed by atoms with Crippen LogP contribution in [0, 0.1) is 0 Å². The standard InChI is InChI=1S/C12H13N3O2/c1-3-17-5(2)11-13-9-6-4-7-10(15(6)7)8(9)12(16)14-11/h6-7,10H,2-4H2,1H3,(H,13,14,16). The van der Waals surface area contributed by atoms with E-state index in [9.17, 15) is 4.79 Å². The lowest BCUT2D eigenvalue weighted by Crippen LogP contribution is -2.29. The molecule has 3 aliphatic heterocycles. The second-order valence-corrected chi connectivity index (χ2v) is 4.78. The van der Waals surface area contributed by atoms with E-state index in [1.54, 1.807) is 0 Å². The number of H-pyrrole nitrogens is 1. The van der Waals surface area contributed by atoms with Crippen LogP contribution in [-0.2, 0) is 4.74 Å². The molecular formula is C12H13N3O2. The van der Waals surface area contributed by atoms with E-state index >= 15 is 0 Å². The van der Waals surface area contributed by atoms with Gasteiger partial charge < -0.3 is 9.72 Å². The predicted molar refractivity (Wildman–Crippen MR) is 61.2 cm³/mol. The lowest BCUT2D eigenvalue weighted by atomic mass is 9.92.